The molecule has 1 saturated heterocycles. The zero-order valence-corrected chi connectivity index (χ0v) is 14.4. The standard InChI is InChI=1S/C17H24N4O4/c1-13-2-4-14(5-3-13)25-12-17(24)21-10-8-20(9-11-21)16(23)7-6-15(22)19-18/h2-5H,6-12,18H2,1H3,(H,19,22). The zero-order chi connectivity index (χ0) is 18.2. The van der Waals surface area contributed by atoms with E-state index in [0.717, 1.165) is 5.56 Å². The van der Waals surface area contributed by atoms with Gasteiger partial charge < -0.3 is 14.5 Å². The molecule has 25 heavy (non-hydrogen) atoms. The van der Waals surface area contributed by atoms with Gasteiger partial charge >= 0.3 is 0 Å². The first-order valence-corrected chi connectivity index (χ1v) is 8.24. The minimum absolute atomic E-state index is 0.0202. The number of nitrogens with one attached hydrogen (secondary N) is 1. The van der Waals surface area contributed by atoms with Crippen molar-refractivity contribution in [2.45, 2.75) is 19.8 Å². The summed E-state index contributed by atoms with van der Waals surface area (Å²) in [6.45, 7) is 3.81. The Bertz CT molecular complexity index is 610. The number of aryl methyl sites for hydroxylation is 1. The summed E-state index contributed by atoms with van der Waals surface area (Å²) in [6.07, 6.45) is 0.187. The van der Waals surface area contributed by atoms with Gasteiger partial charge in [0.2, 0.25) is 11.8 Å². The fourth-order valence-corrected chi connectivity index (χ4v) is 2.53. The fraction of sp³-hybridized carbons (Fsp3) is 0.471. The number of amides is 3. The molecule has 8 nitrogen and oxygen atoms in total. The lowest BCUT2D eigenvalue weighted by molar-refractivity contribution is -0.141. The van der Waals surface area contributed by atoms with Gasteiger partial charge in [0.05, 0.1) is 0 Å². The quantitative estimate of drug-likeness (QED) is 0.421. The Kier molecular flexibility index (Phi) is 6.76. The minimum atomic E-state index is -0.365. The monoisotopic (exact) mass is 348 g/mol. The van der Waals surface area contributed by atoms with Crippen LogP contribution in [-0.2, 0) is 14.4 Å². The number of piperazine rings is 1. The van der Waals surface area contributed by atoms with E-state index in [1.807, 2.05) is 36.6 Å². The van der Waals surface area contributed by atoms with Crippen molar-refractivity contribution >= 4 is 17.7 Å². The Morgan fingerprint density at radius 1 is 1.00 bits per heavy atom. The summed E-state index contributed by atoms with van der Waals surface area (Å²) in [6, 6.07) is 7.51. The molecule has 0 unspecified atom stereocenters. The first-order valence-electron chi connectivity index (χ1n) is 8.24. The molecular formula is C17H24N4O4. The van der Waals surface area contributed by atoms with Crippen molar-refractivity contribution in [2.75, 3.05) is 32.8 Å². The Morgan fingerprint density at radius 2 is 1.56 bits per heavy atom. The first kappa shape index (κ1) is 18.7. The highest BCUT2D eigenvalue weighted by Gasteiger charge is 2.24. The Hall–Kier alpha value is -2.61. The van der Waals surface area contributed by atoms with Gasteiger partial charge in [0.15, 0.2) is 6.61 Å². The molecule has 0 spiro atoms. The summed E-state index contributed by atoms with van der Waals surface area (Å²) in [5, 5.41) is 0. The second-order valence-electron chi connectivity index (χ2n) is 5.93. The topological polar surface area (TPSA) is 105 Å². The molecule has 1 aromatic rings. The highest BCUT2D eigenvalue weighted by Crippen LogP contribution is 2.12. The smallest absolute Gasteiger partial charge is 0.260 e. The predicted octanol–water partition coefficient (Wildman–Crippen LogP) is -0.185. The normalized spacial score (nSPS) is 14.2. The van der Waals surface area contributed by atoms with Gasteiger partial charge in [-0.3, -0.25) is 19.8 Å². The van der Waals surface area contributed by atoms with Gasteiger partial charge in [-0.25, -0.2) is 5.84 Å². The molecule has 2 rings (SSSR count). The number of carbonyl (C=O) groups is 3. The summed E-state index contributed by atoms with van der Waals surface area (Å²) in [7, 11) is 0. The first-order chi connectivity index (χ1) is 12.0. The molecule has 1 aliphatic heterocycles. The van der Waals surface area contributed by atoms with Crippen LogP contribution in [0.3, 0.4) is 0 Å². The highest BCUT2D eigenvalue weighted by atomic mass is 16.5. The van der Waals surface area contributed by atoms with Crippen molar-refractivity contribution < 1.29 is 19.1 Å². The molecule has 1 aliphatic rings. The molecule has 1 heterocycles. The molecular weight excluding hydrogens is 324 g/mol. The van der Waals surface area contributed by atoms with Crippen LogP contribution in [0, 0.1) is 6.92 Å². The number of ether oxygens (including phenoxy) is 1. The number of hydrogen-bond donors (Lipinski definition) is 2. The molecule has 0 saturated carbocycles. The number of benzene rings is 1. The molecule has 0 bridgehead atoms. The molecule has 3 amide bonds. The van der Waals surface area contributed by atoms with Crippen LogP contribution in [0.25, 0.3) is 0 Å². The fourth-order valence-electron chi connectivity index (χ4n) is 2.53. The van der Waals surface area contributed by atoms with Crippen LogP contribution in [0.5, 0.6) is 5.75 Å². The molecule has 1 aromatic carbocycles. The van der Waals surface area contributed by atoms with Crippen LogP contribution in [0.1, 0.15) is 18.4 Å². The van der Waals surface area contributed by atoms with Gasteiger partial charge in [-0.05, 0) is 19.1 Å². The van der Waals surface area contributed by atoms with Crippen molar-refractivity contribution in [2.24, 2.45) is 5.84 Å². The van der Waals surface area contributed by atoms with Crippen LogP contribution in [0.15, 0.2) is 24.3 Å². The largest absolute Gasteiger partial charge is 0.484 e. The van der Waals surface area contributed by atoms with E-state index in [2.05, 4.69) is 0 Å². The van der Waals surface area contributed by atoms with E-state index in [9.17, 15) is 14.4 Å². The summed E-state index contributed by atoms with van der Waals surface area (Å²) in [5.74, 6) is 5.07. The molecule has 0 aromatic heterocycles. The lowest BCUT2D eigenvalue weighted by Gasteiger charge is -2.34. The van der Waals surface area contributed by atoms with Crippen LogP contribution in [0.4, 0.5) is 0 Å². The van der Waals surface area contributed by atoms with E-state index in [0.29, 0.717) is 31.9 Å². The van der Waals surface area contributed by atoms with Gasteiger partial charge in [-0.1, -0.05) is 17.7 Å². The molecule has 0 atom stereocenters. The van der Waals surface area contributed by atoms with Crippen molar-refractivity contribution in [3.05, 3.63) is 29.8 Å². The van der Waals surface area contributed by atoms with Gasteiger partial charge in [-0.15, -0.1) is 0 Å². The van der Waals surface area contributed by atoms with E-state index in [1.54, 1.807) is 9.80 Å². The second kappa shape index (κ2) is 9.03. The Morgan fingerprint density at radius 3 is 2.12 bits per heavy atom. The summed E-state index contributed by atoms with van der Waals surface area (Å²) in [5.41, 5.74) is 3.13. The maximum Gasteiger partial charge on any atom is 0.260 e. The van der Waals surface area contributed by atoms with Gasteiger partial charge in [0.1, 0.15) is 5.75 Å². The third-order valence-electron chi connectivity index (χ3n) is 4.10. The van der Waals surface area contributed by atoms with Crippen molar-refractivity contribution in [3.63, 3.8) is 0 Å². The summed E-state index contributed by atoms with van der Waals surface area (Å²) < 4.78 is 5.50. The molecule has 1 fully saturated rings. The molecule has 3 N–H and O–H groups in total. The lowest BCUT2D eigenvalue weighted by Crippen LogP contribution is -2.51. The van der Waals surface area contributed by atoms with Crippen molar-refractivity contribution in [3.8, 4) is 5.75 Å². The van der Waals surface area contributed by atoms with E-state index >= 15 is 0 Å². The summed E-state index contributed by atoms with van der Waals surface area (Å²) >= 11 is 0. The third-order valence-corrected chi connectivity index (χ3v) is 4.10. The van der Waals surface area contributed by atoms with Gasteiger partial charge in [0, 0.05) is 39.0 Å². The van der Waals surface area contributed by atoms with Crippen LogP contribution < -0.4 is 16.0 Å². The lowest BCUT2D eigenvalue weighted by atomic mass is 10.2. The number of hydrogen-bond acceptors (Lipinski definition) is 5. The molecule has 8 heteroatoms. The van der Waals surface area contributed by atoms with Crippen LogP contribution in [0.2, 0.25) is 0 Å². The van der Waals surface area contributed by atoms with Crippen molar-refractivity contribution in [1.82, 2.24) is 15.2 Å². The predicted molar refractivity (Wildman–Crippen MR) is 91.4 cm³/mol. The number of hydrazine groups is 1. The SMILES string of the molecule is Cc1ccc(OCC(=O)N2CCN(C(=O)CCC(=O)NN)CC2)cc1. The minimum Gasteiger partial charge on any atom is -0.484 e. The van der Waals surface area contributed by atoms with E-state index in [1.165, 1.54) is 0 Å². The second-order valence-corrected chi connectivity index (χ2v) is 5.93. The number of nitrogens with two attached hydrogens (primary N) is 1. The number of rotatable bonds is 6. The van der Waals surface area contributed by atoms with Gasteiger partial charge in [0.25, 0.3) is 5.91 Å². The van der Waals surface area contributed by atoms with Crippen molar-refractivity contribution in [1.29, 1.82) is 0 Å². The maximum atomic E-state index is 12.2. The van der Waals surface area contributed by atoms with E-state index < -0.39 is 0 Å². The number of carbonyl (C=O) groups excluding carboxylic acids is 3. The van der Waals surface area contributed by atoms with E-state index in [4.69, 9.17) is 10.6 Å². The van der Waals surface area contributed by atoms with E-state index in [-0.39, 0.29) is 37.2 Å². The molecule has 136 valence electrons. The maximum absolute atomic E-state index is 12.2. The molecule has 0 aliphatic carbocycles. The van der Waals surface area contributed by atoms with Gasteiger partial charge in [-0.2, -0.15) is 0 Å². The average Bonchev–Trinajstić information content (AvgIpc) is 2.65. The zero-order valence-electron chi connectivity index (χ0n) is 14.4. The molecule has 0 radical (unpaired) electrons. The average molecular weight is 348 g/mol. The van der Waals surface area contributed by atoms with Crippen LogP contribution in [-0.4, -0.2) is 60.3 Å². The Labute approximate surface area is 146 Å². The third kappa shape index (κ3) is 5.75. The highest BCUT2D eigenvalue weighted by molar-refractivity contribution is 5.84. The summed E-state index contributed by atoms with van der Waals surface area (Å²) in [4.78, 5) is 38.6. The number of nitrogens with zero attached hydrogens (tertiary/aromatic N) is 2. The van der Waals surface area contributed by atoms with Crippen LogP contribution >= 0.6 is 0 Å². The Balaban J connectivity index is 1.71.